The van der Waals surface area contributed by atoms with Gasteiger partial charge in [0.2, 0.25) is 0 Å². The summed E-state index contributed by atoms with van der Waals surface area (Å²) in [6.45, 7) is 3.23. The predicted molar refractivity (Wildman–Crippen MR) is 75.0 cm³/mol. The van der Waals surface area contributed by atoms with Crippen molar-refractivity contribution in [1.29, 1.82) is 0 Å². The van der Waals surface area contributed by atoms with Gasteiger partial charge in [-0.15, -0.1) is 0 Å². The first-order valence-corrected chi connectivity index (χ1v) is 7.45. The van der Waals surface area contributed by atoms with E-state index in [1.165, 1.54) is 12.1 Å². The Hall–Kier alpha value is -0.970. The molecule has 2 aliphatic heterocycles. The number of rotatable bonds is 3. The van der Waals surface area contributed by atoms with Crippen LogP contribution in [0.2, 0.25) is 0 Å². The zero-order valence-corrected chi connectivity index (χ0v) is 11.7. The van der Waals surface area contributed by atoms with Gasteiger partial charge in [0, 0.05) is 32.4 Å². The largest absolute Gasteiger partial charge is 0.381 e. The van der Waals surface area contributed by atoms with Crippen LogP contribution in [-0.4, -0.2) is 31.5 Å². The van der Waals surface area contributed by atoms with Crippen molar-refractivity contribution in [2.75, 3.05) is 19.8 Å². The molecule has 0 saturated carbocycles. The molecule has 1 N–H and O–H groups in total. The van der Waals surface area contributed by atoms with Gasteiger partial charge in [0.25, 0.3) is 0 Å². The standard InChI is InChI=1S/C16H22FNO2/c17-14-3-1-13(2-4-14)12-18-15-5-8-20-16(11-15)6-9-19-10-7-16/h1-4,15,18H,5-12H2. The SMILES string of the molecule is Fc1ccc(CNC2CCOC3(CCOCC3)C2)cc1. The summed E-state index contributed by atoms with van der Waals surface area (Å²) in [4.78, 5) is 0. The van der Waals surface area contributed by atoms with Crippen molar-refractivity contribution >= 4 is 0 Å². The highest BCUT2D eigenvalue weighted by Crippen LogP contribution is 2.34. The molecule has 20 heavy (non-hydrogen) atoms. The number of hydrogen-bond donors (Lipinski definition) is 1. The molecule has 2 saturated heterocycles. The lowest BCUT2D eigenvalue weighted by Gasteiger charge is -2.43. The van der Waals surface area contributed by atoms with Crippen LogP contribution in [0.25, 0.3) is 0 Å². The van der Waals surface area contributed by atoms with Gasteiger partial charge in [0.1, 0.15) is 5.82 Å². The molecule has 1 atom stereocenters. The van der Waals surface area contributed by atoms with E-state index in [1.54, 1.807) is 0 Å². The fourth-order valence-electron chi connectivity index (χ4n) is 3.16. The van der Waals surface area contributed by atoms with Gasteiger partial charge in [-0.05, 0) is 43.4 Å². The zero-order valence-electron chi connectivity index (χ0n) is 11.7. The van der Waals surface area contributed by atoms with Gasteiger partial charge in [0.05, 0.1) is 5.60 Å². The van der Waals surface area contributed by atoms with Crippen LogP contribution in [-0.2, 0) is 16.0 Å². The van der Waals surface area contributed by atoms with Gasteiger partial charge >= 0.3 is 0 Å². The van der Waals surface area contributed by atoms with Crippen LogP contribution < -0.4 is 5.32 Å². The molecular weight excluding hydrogens is 257 g/mol. The maximum atomic E-state index is 12.9. The van der Waals surface area contributed by atoms with E-state index in [2.05, 4.69) is 5.32 Å². The van der Waals surface area contributed by atoms with Crippen LogP contribution in [0.1, 0.15) is 31.2 Å². The number of ether oxygens (including phenoxy) is 2. The van der Waals surface area contributed by atoms with E-state index in [-0.39, 0.29) is 11.4 Å². The number of benzene rings is 1. The van der Waals surface area contributed by atoms with E-state index < -0.39 is 0 Å². The molecule has 0 amide bonds. The average molecular weight is 279 g/mol. The van der Waals surface area contributed by atoms with Crippen molar-refractivity contribution in [3.63, 3.8) is 0 Å². The molecule has 3 rings (SSSR count). The van der Waals surface area contributed by atoms with E-state index in [0.29, 0.717) is 6.04 Å². The van der Waals surface area contributed by atoms with Crippen LogP contribution in [0.5, 0.6) is 0 Å². The summed E-state index contributed by atoms with van der Waals surface area (Å²) in [6.07, 6.45) is 4.10. The zero-order chi connectivity index (χ0) is 13.8. The van der Waals surface area contributed by atoms with Gasteiger partial charge in [-0.2, -0.15) is 0 Å². The molecule has 1 aromatic rings. The monoisotopic (exact) mass is 279 g/mol. The molecule has 2 heterocycles. The van der Waals surface area contributed by atoms with Crippen LogP contribution in [0.4, 0.5) is 4.39 Å². The molecule has 0 bridgehead atoms. The maximum absolute atomic E-state index is 12.9. The Bertz CT molecular complexity index is 423. The molecule has 1 spiro atoms. The lowest BCUT2D eigenvalue weighted by Crippen LogP contribution is -2.49. The molecule has 1 unspecified atom stereocenters. The van der Waals surface area contributed by atoms with Crippen molar-refractivity contribution in [1.82, 2.24) is 5.32 Å². The summed E-state index contributed by atoms with van der Waals surface area (Å²) in [5, 5.41) is 3.59. The highest BCUT2D eigenvalue weighted by molar-refractivity contribution is 5.15. The Balaban J connectivity index is 1.53. The average Bonchev–Trinajstić information content (AvgIpc) is 2.48. The van der Waals surface area contributed by atoms with Gasteiger partial charge in [0.15, 0.2) is 0 Å². The Morgan fingerprint density at radius 2 is 1.90 bits per heavy atom. The molecule has 110 valence electrons. The quantitative estimate of drug-likeness (QED) is 0.922. The smallest absolute Gasteiger partial charge is 0.123 e. The van der Waals surface area contributed by atoms with Crippen LogP contribution in [0, 0.1) is 5.82 Å². The molecule has 0 aromatic heterocycles. The Labute approximate surface area is 119 Å². The molecule has 2 aliphatic rings. The summed E-state index contributed by atoms with van der Waals surface area (Å²) >= 11 is 0. The second-order valence-electron chi connectivity index (χ2n) is 5.84. The molecular formula is C16H22FNO2. The first-order valence-electron chi connectivity index (χ1n) is 7.45. The maximum Gasteiger partial charge on any atom is 0.123 e. The first kappa shape index (κ1) is 14.0. The van der Waals surface area contributed by atoms with E-state index >= 15 is 0 Å². The minimum atomic E-state index is -0.180. The van der Waals surface area contributed by atoms with Gasteiger partial charge in [-0.25, -0.2) is 4.39 Å². The summed E-state index contributed by atoms with van der Waals surface area (Å²) < 4.78 is 24.3. The molecule has 4 heteroatoms. The van der Waals surface area contributed by atoms with Crippen molar-refractivity contribution in [3.8, 4) is 0 Å². The summed E-state index contributed by atoms with van der Waals surface area (Å²) in [6, 6.07) is 7.19. The second-order valence-corrected chi connectivity index (χ2v) is 5.84. The van der Waals surface area contributed by atoms with Crippen molar-refractivity contribution in [2.24, 2.45) is 0 Å². The minimum absolute atomic E-state index is 0.0248. The fraction of sp³-hybridized carbons (Fsp3) is 0.625. The molecule has 2 fully saturated rings. The number of halogens is 1. The third-order valence-electron chi connectivity index (χ3n) is 4.41. The third kappa shape index (κ3) is 3.37. The van der Waals surface area contributed by atoms with Crippen LogP contribution >= 0.6 is 0 Å². The molecule has 0 radical (unpaired) electrons. The van der Waals surface area contributed by atoms with Gasteiger partial charge < -0.3 is 14.8 Å². The lowest BCUT2D eigenvalue weighted by atomic mass is 9.84. The molecule has 0 aliphatic carbocycles. The number of hydrogen-bond acceptors (Lipinski definition) is 3. The predicted octanol–water partition coefficient (Wildman–Crippen LogP) is 2.64. The van der Waals surface area contributed by atoms with Crippen molar-refractivity contribution < 1.29 is 13.9 Å². The van der Waals surface area contributed by atoms with Crippen molar-refractivity contribution in [2.45, 2.75) is 43.9 Å². The minimum Gasteiger partial charge on any atom is -0.381 e. The van der Waals surface area contributed by atoms with Crippen LogP contribution in [0.15, 0.2) is 24.3 Å². The number of nitrogens with one attached hydrogen (secondary N) is 1. The fourth-order valence-corrected chi connectivity index (χ4v) is 3.16. The summed E-state index contributed by atoms with van der Waals surface area (Å²) in [5.74, 6) is -0.180. The first-order chi connectivity index (χ1) is 9.76. The highest BCUT2D eigenvalue weighted by Gasteiger charge is 2.38. The normalized spacial score (nSPS) is 25.8. The summed E-state index contributed by atoms with van der Waals surface area (Å²) in [5.41, 5.74) is 1.15. The third-order valence-corrected chi connectivity index (χ3v) is 4.41. The van der Waals surface area contributed by atoms with Crippen molar-refractivity contribution in [3.05, 3.63) is 35.6 Å². The highest BCUT2D eigenvalue weighted by atomic mass is 19.1. The Morgan fingerprint density at radius 3 is 2.65 bits per heavy atom. The summed E-state index contributed by atoms with van der Waals surface area (Å²) in [7, 11) is 0. The van der Waals surface area contributed by atoms with E-state index in [0.717, 1.165) is 57.6 Å². The van der Waals surface area contributed by atoms with Gasteiger partial charge in [-0.3, -0.25) is 0 Å². The topological polar surface area (TPSA) is 30.5 Å². The molecule has 1 aromatic carbocycles. The second kappa shape index (κ2) is 6.20. The van der Waals surface area contributed by atoms with Crippen LogP contribution in [0.3, 0.4) is 0 Å². The molecule has 3 nitrogen and oxygen atoms in total. The van der Waals surface area contributed by atoms with E-state index in [4.69, 9.17) is 9.47 Å². The Morgan fingerprint density at radius 1 is 1.15 bits per heavy atom. The van der Waals surface area contributed by atoms with E-state index in [9.17, 15) is 4.39 Å². The Kier molecular flexibility index (Phi) is 4.34. The lowest BCUT2D eigenvalue weighted by molar-refractivity contribution is -0.140. The van der Waals surface area contributed by atoms with E-state index in [1.807, 2.05) is 12.1 Å². The van der Waals surface area contributed by atoms with Gasteiger partial charge in [-0.1, -0.05) is 12.1 Å².